The van der Waals surface area contributed by atoms with Crippen LogP contribution in [0, 0.1) is 0 Å². The number of imide groups is 1. The van der Waals surface area contributed by atoms with Crippen LogP contribution in [0.3, 0.4) is 0 Å². The van der Waals surface area contributed by atoms with E-state index in [1.54, 1.807) is 18.9 Å². The quantitative estimate of drug-likeness (QED) is 0.583. The molecule has 0 aromatic heterocycles. The van der Waals surface area contributed by atoms with Crippen LogP contribution in [0.5, 0.6) is 0 Å². The number of likely N-dealkylation sites (tertiary alicyclic amines) is 1. The highest BCUT2D eigenvalue weighted by molar-refractivity contribution is 6.16. The molecule has 0 saturated carbocycles. The van der Waals surface area contributed by atoms with Crippen molar-refractivity contribution >= 4 is 17.7 Å². The van der Waals surface area contributed by atoms with Crippen molar-refractivity contribution in [2.75, 3.05) is 13.6 Å². The Kier molecular flexibility index (Phi) is 2.53. The molecular weight excluding hydrogens is 208 g/mol. The summed E-state index contributed by atoms with van der Waals surface area (Å²) in [4.78, 5) is 37.5. The van der Waals surface area contributed by atoms with Crippen LogP contribution in [-0.2, 0) is 14.4 Å². The highest BCUT2D eigenvalue weighted by atomic mass is 16.2. The number of carbonyl (C=O) groups excluding carboxylic acids is 3. The van der Waals surface area contributed by atoms with Gasteiger partial charge in [-0.05, 0) is 13.3 Å². The molecule has 0 aromatic rings. The third-order valence-electron chi connectivity index (χ3n) is 3.10. The van der Waals surface area contributed by atoms with E-state index in [2.05, 4.69) is 0 Å². The molecule has 86 valence electrons. The third kappa shape index (κ3) is 1.62. The lowest BCUT2D eigenvalue weighted by molar-refractivity contribution is -0.145. The van der Waals surface area contributed by atoms with E-state index in [1.165, 1.54) is 11.0 Å². The highest BCUT2D eigenvalue weighted by Crippen LogP contribution is 2.22. The molecule has 2 aliphatic heterocycles. The van der Waals surface area contributed by atoms with E-state index >= 15 is 0 Å². The van der Waals surface area contributed by atoms with Crippen molar-refractivity contribution in [1.82, 2.24) is 9.80 Å². The molecular formula is C11H14N2O3. The van der Waals surface area contributed by atoms with Crippen LogP contribution in [0.2, 0.25) is 0 Å². The summed E-state index contributed by atoms with van der Waals surface area (Å²) in [6, 6.07) is -0.170. The number of nitrogens with zero attached hydrogens (tertiary/aromatic N) is 2. The third-order valence-corrected chi connectivity index (χ3v) is 3.10. The minimum absolute atomic E-state index is 0.0695. The van der Waals surface area contributed by atoms with Crippen LogP contribution < -0.4 is 0 Å². The maximum atomic E-state index is 11.7. The van der Waals surface area contributed by atoms with E-state index in [9.17, 15) is 14.4 Å². The number of rotatable bonds is 1. The zero-order valence-electron chi connectivity index (χ0n) is 9.40. The lowest BCUT2D eigenvalue weighted by Crippen LogP contribution is -2.51. The van der Waals surface area contributed by atoms with E-state index in [4.69, 9.17) is 0 Å². The SMILES string of the molecule is CC1=CC(=O)N(C2CCC(=O)N(C)C2)C1=O. The number of hydrogen-bond acceptors (Lipinski definition) is 3. The second-order valence-corrected chi connectivity index (χ2v) is 4.31. The van der Waals surface area contributed by atoms with Crippen LogP contribution in [-0.4, -0.2) is 47.2 Å². The van der Waals surface area contributed by atoms with Gasteiger partial charge in [0.2, 0.25) is 5.91 Å². The van der Waals surface area contributed by atoms with Crippen molar-refractivity contribution in [3.05, 3.63) is 11.6 Å². The summed E-state index contributed by atoms with van der Waals surface area (Å²) in [6.07, 6.45) is 2.33. The van der Waals surface area contributed by atoms with Crippen LogP contribution in [0.25, 0.3) is 0 Å². The predicted molar refractivity (Wildman–Crippen MR) is 56.3 cm³/mol. The van der Waals surface area contributed by atoms with Crippen molar-refractivity contribution < 1.29 is 14.4 Å². The van der Waals surface area contributed by atoms with Gasteiger partial charge in [-0.25, -0.2) is 0 Å². The standard InChI is InChI=1S/C11H14N2O3/c1-7-5-10(15)13(11(7)16)8-3-4-9(14)12(2)6-8/h5,8H,3-4,6H2,1-2H3. The second-order valence-electron chi connectivity index (χ2n) is 4.31. The van der Waals surface area contributed by atoms with Gasteiger partial charge in [0.15, 0.2) is 0 Å². The molecule has 3 amide bonds. The summed E-state index contributed by atoms with van der Waals surface area (Å²) >= 11 is 0. The van der Waals surface area contributed by atoms with Crippen molar-refractivity contribution in [3.63, 3.8) is 0 Å². The van der Waals surface area contributed by atoms with Crippen molar-refractivity contribution in [3.8, 4) is 0 Å². The van der Waals surface area contributed by atoms with Gasteiger partial charge in [0.05, 0.1) is 6.04 Å². The monoisotopic (exact) mass is 222 g/mol. The van der Waals surface area contributed by atoms with Crippen LogP contribution >= 0.6 is 0 Å². The lowest BCUT2D eigenvalue weighted by atomic mass is 10.0. The Morgan fingerprint density at radius 3 is 2.50 bits per heavy atom. The average Bonchev–Trinajstić information content (AvgIpc) is 2.47. The topological polar surface area (TPSA) is 57.7 Å². The van der Waals surface area contributed by atoms with E-state index in [0.717, 1.165) is 0 Å². The number of likely N-dealkylation sites (N-methyl/N-ethyl adjacent to an activating group) is 1. The minimum Gasteiger partial charge on any atom is -0.344 e. The molecule has 0 N–H and O–H groups in total. The summed E-state index contributed by atoms with van der Waals surface area (Å²) < 4.78 is 0. The molecule has 16 heavy (non-hydrogen) atoms. The molecule has 0 radical (unpaired) electrons. The highest BCUT2D eigenvalue weighted by Gasteiger charge is 2.37. The molecule has 1 fully saturated rings. The molecule has 0 spiro atoms. The van der Waals surface area contributed by atoms with Gasteiger partial charge < -0.3 is 4.90 Å². The van der Waals surface area contributed by atoms with E-state index in [-0.39, 0.29) is 23.8 Å². The molecule has 0 aromatic carbocycles. The largest absolute Gasteiger partial charge is 0.344 e. The number of carbonyl (C=O) groups is 3. The molecule has 0 bridgehead atoms. The molecule has 0 aliphatic carbocycles. The fourth-order valence-electron chi connectivity index (χ4n) is 2.15. The molecule has 5 nitrogen and oxygen atoms in total. The molecule has 5 heteroatoms. The summed E-state index contributed by atoms with van der Waals surface area (Å²) in [5.41, 5.74) is 0.476. The fourth-order valence-corrected chi connectivity index (χ4v) is 2.15. The van der Waals surface area contributed by atoms with Gasteiger partial charge in [0, 0.05) is 31.7 Å². The molecule has 1 unspecified atom stereocenters. The normalized spacial score (nSPS) is 26.5. The summed E-state index contributed by atoms with van der Waals surface area (Å²) in [7, 11) is 1.69. The first kappa shape index (κ1) is 10.9. The maximum absolute atomic E-state index is 11.7. The van der Waals surface area contributed by atoms with Gasteiger partial charge in [-0.2, -0.15) is 0 Å². The Morgan fingerprint density at radius 2 is 2.00 bits per heavy atom. The Hall–Kier alpha value is -1.65. The minimum atomic E-state index is -0.254. The molecule has 1 atom stereocenters. The first-order valence-corrected chi connectivity index (χ1v) is 5.30. The average molecular weight is 222 g/mol. The summed E-state index contributed by atoms with van der Waals surface area (Å²) in [6.45, 7) is 2.08. The Balaban J connectivity index is 2.13. The molecule has 1 saturated heterocycles. The zero-order chi connectivity index (χ0) is 11.9. The van der Waals surface area contributed by atoms with Crippen molar-refractivity contribution in [2.45, 2.75) is 25.8 Å². The van der Waals surface area contributed by atoms with Gasteiger partial charge in [-0.15, -0.1) is 0 Å². The van der Waals surface area contributed by atoms with Crippen LogP contribution in [0.4, 0.5) is 0 Å². The first-order valence-electron chi connectivity index (χ1n) is 5.30. The number of piperidine rings is 1. The Morgan fingerprint density at radius 1 is 1.31 bits per heavy atom. The van der Waals surface area contributed by atoms with Crippen LogP contribution in [0.1, 0.15) is 19.8 Å². The van der Waals surface area contributed by atoms with Crippen molar-refractivity contribution in [1.29, 1.82) is 0 Å². The molecule has 2 aliphatic rings. The second kappa shape index (κ2) is 3.73. The fraction of sp³-hybridized carbons (Fsp3) is 0.545. The number of amides is 3. The van der Waals surface area contributed by atoms with Gasteiger partial charge in [0.1, 0.15) is 0 Å². The van der Waals surface area contributed by atoms with E-state index in [1.807, 2.05) is 0 Å². The summed E-state index contributed by atoms with van der Waals surface area (Å²) in [5, 5.41) is 0. The predicted octanol–water partition coefficient (Wildman–Crippen LogP) is -0.0777. The van der Waals surface area contributed by atoms with Crippen molar-refractivity contribution in [2.24, 2.45) is 0 Å². The summed E-state index contributed by atoms with van der Waals surface area (Å²) in [5.74, 6) is -0.409. The van der Waals surface area contributed by atoms with Crippen LogP contribution in [0.15, 0.2) is 11.6 Å². The molecule has 2 heterocycles. The molecule has 2 rings (SSSR count). The van der Waals surface area contributed by atoms with E-state index in [0.29, 0.717) is 25.0 Å². The Labute approximate surface area is 93.7 Å². The zero-order valence-corrected chi connectivity index (χ0v) is 9.40. The first-order chi connectivity index (χ1) is 7.50. The van der Waals surface area contributed by atoms with Gasteiger partial charge in [-0.1, -0.05) is 0 Å². The maximum Gasteiger partial charge on any atom is 0.256 e. The lowest BCUT2D eigenvalue weighted by Gasteiger charge is -2.34. The van der Waals surface area contributed by atoms with Gasteiger partial charge in [0.25, 0.3) is 11.8 Å². The van der Waals surface area contributed by atoms with Gasteiger partial charge >= 0.3 is 0 Å². The van der Waals surface area contributed by atoms with Gasteiger partial charge in [-0.3, -0.25) is 19.3 Å². The number of hydrogen-bond donors (Lipinski definition) is 0. The van der Waals surface area contributed by atoms with E-state index < -0.39 is 0 Å². The smallest absolute Gasteiger partial charge is 0.256 e. The Bertz CT molecular complexity index is 400.